The van der Waals surface area contributed by atoms with Crippen molar-refractivity contribution in [2.24, 2.45) is 0 Å². The smallest absolute Gasteiger partial charge is 0.305 e. The van der Waals surface area contributed by atoms with Gasteiger partial charge in [0, 0.05) is 13.5 Å². The number of ether oxygens (including phenoxy) is 2. The highest BCUT2D eigenvalue weighted by atomic mass is 16.6. The van der Waals surface area contributed by atoms with Crippen molar-refractivity contribution in [2.75, 3.05) is 20.3 Å². The molecule has 0 unspecified atom stereocenters. The molecule has 0 aliphatic rings. The van der Waals surface area contributed by atoms with Crippen LogP contribution in [0, 0.1) is 6.92 Å². The minimum Gasteiger partial charge on any atom is -0.463 e. The Bertz CT molecular complexity index is 102. The molecule has 0 atom stereocenters. The maximum atomic E-state index is 10.8. The molecule has 0 saturated heterocycles. The van der Waals surface area contributed by atoms with E-state index in [-0.39, 0.29) is 5.97 Å². The van der Waals surface area contributed by atoms with E-state index in [1.807, 2.05) is 0 Å². The van der Waals surface area contributed by atoms with E-state index in [0.29, 0.717) is 19.6 Å². The molecular formula is C8H15O3. The van der Waals surface area contributed by atoms with Gasteiger partial charge in [0.1, 0.15) is 6.61 Å². The Kier molecular flexibility index (Phi) is 7.15. The predicted octanol–water partition coefficient (Wildman–Crippen LogP) is 1.18. The van der Waals surface area contributed by atoms with Crippen molar-refractivity contribution in [1.29, 1.82) is 0 Å². The first kappa shape index (κ1) is 10.4. The Morgan fingerprint density at radius 2 is 2.18 bits per heavy atom. The zero-order chi connectivity index (χ0) is 8.53. The maximum absolute atomic E-state index is 10.8. The van der Waals surface area contributed by atoms with Crippen LogP contribution in [-0.4, -0.2) is 26.3 Å². The van der Waals surface area contributed by atoms with Crippen LogP contribution in [0.4, 0.5) is 0 Å². The van der Waals surface area contributed by atoms with Gasteiger partial charge >= 0.3 is 5.97 Å². The molecule has 0 aromatic carbocycles. The lowest BCUT2D eigenvalue weighted by Crippen LogP contribution is -2.08. The van der Waals surface area contributed by atoms with Crippen molar-refractivity contribution in [3.05, 3.63) is 6.92 Å². The highest BCUT2D eigenvalue weighted by molar-refractivity contribution is 5.69. The summed E-state index contributed by atoms with van der Waals surface area (Å²) < 4.78 is 9.50. The van der Waals surface area contributed by atoms with E-state index in [2.05, 4.69) is 6.92 Å². The standard InChI is InChI=1S/C8H15O3/c1-3-4-5-8(9)11-7-6-10-2/h1,3-7H2,2H3. The van der Waals surface area contributed by atoms with Crippen LogP contribution < -0.4 is 0 Å². The van der Waals surface area contributed by atoms with Crippen molar-refractivity contribution < 1.29 is 14.3 Å². The van der Waals surface area contributed by atoms with Gasteiger partial charge in [-0.1, -0.05) is 13.3 Å². The molecule has 1 radical (unpaired) electrons. The molecule has 0 aliphatic carbocycles. The monoisotopic (exact) mass is 159 g/mol. The second-order valence-corrected chi connectivity index (χ2v) is 2.17. The van der Waals surface area contributed by atoms with Gasteiger partial charge in [-0.05, 0) is 6.42 Å². The number of unbranched alkanes of at least 4 members (excludes halogenated alkanes) is 1. The zero-order valence-corrected chi connectivity index (χ0v) is 6.97. The van der Waals surface area contributed by atoms with Crippen LogP contribution in [0.2, 0.25) is 0 Å². The largest absolute Gasteiger partial charge is 0.463 e. The summed E-state index contributed by atoms with van der Waals surface area (Å²) in [6, 6.07) is 0. The molecule has 65 valence electrons. The quantitative estimate of drug-likeness (QED) is 0.431. The normalized spacial score (nSPS) is 9.64. The lowest BCUT2D eigenvalue weighted by atomic mass is 10.2. The first-order valence-corrected chi connectivity index (χ1v) is 3.75. The summed E-state index contributed by atoms with van der Waals surface area (Å²) in [5.74, 6) is -0.161. The van der Waals surface area contributed by atoms with Gasteiger partial charge in [0.05, 0.1) is 6.61 Å². The van der Waals surface area contributed by atoms with E-state index in [1.54, 1.807) is 7.11 Å². The minimum absolute atomic E-state index is 0.161. The van der Waals surface area contributed by atoms with Crippen LogP contribution >= 0.6 is 0 Å². The molecule has 0 aromatic heterocycles. The highest BCUT2D eigenvalue weighted by Crippen LogP contribution is 1.95. The van der Waals surface area contributed by atoms with E-state index in [9.17, 15) is 4.79 Å². The lowest BCUT2D eigenvalue weighted by molar-refractivity contribution is -0.144. The summed E-state index contributed by atoms with van der Waals surface area (Å²) in [5, 5.41) is 0. The van der Waals surface area contributed by atoms with E-state index in [4.69, 9.17) is 9.47 Å². The number of methoxy groups -OCH3 is 1. The van der Waals surface area contributed by atoms with E-state index < -0.39 is 0 Å². The molecule has 11 heavy (non-hydrogen) atoms. The molecule has 0 bridgehead atoms. The number of carbonyl (C=O) groups is 1. The Hall–Kier alpha value is -0.570. The van der Waals surface area contributed by atoms with Gasteiger partial charge in [0.25, 0.3) is 0 Å². The van der Waals surface area contributed by atoms with Gasteiger partial charge < -0.3 is 9.47 Å². The van der Waals surface area contributed by atoms with Crippen LogP contribution in [0.15, 0.2) is 0 Å². The van der Waals surface area contributed by atoms with E-state index >= 15 is 0 Å². The second kappa shape index (κ2) is 7.54. The molecule has 0 saturated carbocycles. The number of carbonyl (C=O) groups excluding carboxylic acids is 1. The fourth-order valence-electron chi connectivity index (χ4n) is 0.580. The Morgan fingerprint density at radius 3 is 2.73 bits per heavy atom. The average Bonchev–Trinajstić information content (AvgIpc) is 2.01. The lowest BCUT2D eigenvalue weighted by Gasteiger charge is -2.02. The molecule has 0 fully saturated rings. The van der Waals surface area contributed by atoms with Crippen LogP contribution in [0.1, 0.15) is 19.3 Å². The molecule has 0 amide bonds. The Balaban J connectivity index is 3.09. The predicted molar refractivity (Wildman–Crippen MR) is 42.0 cm³/mol. The van der Waals surface area contributed by atoms with Crippen molar-refractivity contribution in [1.82, 2.24) is 0 Å². The molecule has 0 rings (SSSR count). The molecule has 0 N–H and O–H groups in total. The zero-order valence-electron chi connectivity index (χ0n) is 6.97. The van der Waals surface area contributed by atoms with Crippen molar-refractivity contribution in [3.8, 4) is 0 Å². The van der Waals surface area contributed by atoms with Gasteiger partial charge in [-0.25, -0.2) is 0 Å². The molecule has 0 heterocycles. The number of hydrogen-bond acceptors (Lipinski definition) is 3. The maximum Gasteiger partial charge on any atom is 0.305 e. The van der Waals surface area contributed by atoms with Crippen molar-refractivity contribution in [2.45, 2.75) is 19.3 Å². The fourth-order valence-corrected chi connectivity index (χ4v) is 0.580. The second-order valence-electron chi connectivity index (χ2n) is 2.17. The van der Waals surface area contributed by atoms with Crippen molar-refractivity contribution >= 4 is 5.97 Å². The summed E-state index contributed by atoms with van der Waals surface area (Å²) in [7, 11) is 1.57. The molecule has 3 heteroatoms. The molecule has 0 aromatic rings. The fraction of sp³-hybridized carbons (Fsp3) is 0.750. The number of rotatable bonds is 6. The van der Waals surface area contributed by atoms with E-state index in [1.165, 1.54) is 0 Å². The highest BCUT2D eigenvalue weighted by Gasteiger charge is 1.99. The third-order valence-electron chi connectivity index (χ3n) is 1.18. The molecule has 0 spiro atoms. The first-order valence-electron chi connectivity index (χ1n) is 3.75. The summed E-state index contributed by atoms with van der Waals surface area (Å²) in [5.41, 5.74) is 0. The summed E-state index contributed by atoms with van der Waals surface area (Å²) >= 11 is 0. The molecule has 0 aliphatic heterocycles. The van der Waals surface area contributed by atoms with Gasteiger partial charge in [0.15, 0.2) is 0 Å². The molecule has 3 nitrogen and oxygen atoms in total. The van der Waals surface area contributed by atoms with Crippen LogP contribution in [-0.2, 0) is 14.3 Å². The summed E-state index contributed by atoms with van der Waals surface area (Å²) in [6.07, 6.45) is 2.04. The summed E-state index contributed by atoms with van der Waals surface area (Å²) in [4.78, 5) is 10.8. The minimum atomic E-state index is -0.161. The average molecular weight is 159 g/mol. The number of esters is 1. The van der Waals surface area contributed by atoms with Crippen LogP contribution in [0.25, 0.3) is 0 Å². The van der Waals surface area contributed by atoms with Gasteiger partial charge in [-0.2, -0.15) is 0 Å². The van der Waals surface area contributed by atoms with Crippen LogP contribution in [0.5, 0.6) is 0 Å². The third kappa shape index (κ3) is 7.33. The number of hydrogen-bond donors (Lipinski definition) is 0. The molecular weight excluding hydrogens is 144 g/mol. The topological polar surface area (TPSA) is 35.5 Å². The third-order valence-corrected chi connectivity index (χ3v) is 1.18. The van der Waals surface area contributed by atoms with E-state index in [0.717, 1.165) is 12.8 Å². The van der Waals surface area contributed by atoms with Gasteiger partial charge in [0.2, 0.25) is 0 Å². The van der Waals surface area contributed by atoms with Crippen LogP contribution in [0.3, 0.4) is 0 Å². The van der Waals surface area contributed by atoms with Crippen molar-refractivity contribution in [3.63, 3.8) is 0 Å². The van der Waals surface area contributed by atoms with Gasteiger partial charge in [-0.3, -0.25) is 4.79 Å². The summed E-state index contributed by atoms with van der Waals surface area (Å²) in [6.45, 7) is 4.44. The Morgan fingerprint density at radius 1 is 1.45 bits per heavy atom. The SMILES string of the molecule is [CH2]CCCC(=O)OCCOC. The van der Waals surface area contributed by atoms with Gasteiger partial charge in [-0.15, -0.1) is 0 Å². The Labute approximate surface area is 67.7 Å². The first-order chi connectivity index (χ1) is 5.31.